The number of benzene rings is 2. The fourth-order valence-corrected chi connectivity index (χ4v) is 3.13. The SMILES string of the molecule is Cl/C(C=NN1CCN(Cc2ccccc2Cl)CC1)=C\c1ccccc1. The van der Waals surface area contributed by atoms with E-state index >= 15 is 0 Å². The molecule has 0 saturated carbocycles. The van der Waals surface area contributed by atoms with Crippen molar-refractivity contribution in [3.63, 3.8) is 0 Å². The van der Waals surface area contributed by atoms with E-state index in [0.717, 1.165) is 43.3 Å². The maximum Gasteiger partial charge on any atom is 0.0657 e. The zero-order valence-electron chi connectivity index (χ0n) is 14.0. The van der Waals surface area contributed by atoms with Crippen LogP contribution in [0.3, 0.4) is 0 Å². The van der Waals surface area contributed by atoms with Crippen LogP contribution in [0.2, 0.25) is 5.02 Å². The van der Waals surface area contributed by atoms with Gasteiger partial charge in [-0.05, 0) is 23.3 Å². The molecule has 0 unspecified atom stereocenters. The Morgan fingerprint density at radius 3 is 2.36 bits per heavy atom. The van der Waals surface area contributed by atoms with Crippen LogP contribution in [-0.2, 0) is 6.54 Å². The Labute approximate surface area is 159 Å². The molecular formula is C20H21Cl2N3. The molecule has 1 fully saturated rings. The smallest absolute Gasteiger partial charge is 0.0657 e. The molecule has 0 spiro atoms. The van der Waals surface area contributed by atoms with Crippen LogP contribution in [0.25, 0.3) is 6.08 Å². The molecule has 3 nitrogen and oxygen atoms in total. The van der Waals surface area contributed by atoms with Gasteiger partial charge in [-0.1, -0.05) is 71.7 Å². The van der Waals surface area contributed by atoms with Crippen molar-refractivity contribution in [3.8, 4) is 0 Å². The predicted octanol–water partition coefficient (Wildman–Crippen LogP) is 4.72. The fourth-order valence-electron chi connectivity index (χ4n) is 2.76. The van der Waals surface area contributed by atoms with E-state index in [4.69, 9.17) is 23.2 Å². The van der Waals surface area contributed by atoms with Gasteiger partial charge in [0.25, 0.3) is 0 Å². The van der Waals surface area contributed by atoms with Crippen LogP contribution in [0.5, 0.6) is 0 Å². The lowest BCUT2D eigenvalue weighted by molar-refractivity contribution is 0.131. The van der Waals surface area contributed by atoms with Gasteiger partial charge in [0, 0.05) is 37.7 Å². The summed E-state index contributed by atoms with van der Waals surface area (Å²) in [6.45, 7) is 4.57. The summed E-state index contributed by atoms with van der Waals surface area (Å²) in [6, 6.07) is 18.0. The molecule has 0 radical (unpaired) electrons. The van der Waals surface area contributed by atoms with Gasteiger partial charge in [-0.15, -0.1) is 0 Å². The van der Waals surface area contributed by atoms with Crippen molar-refractivity contribution in [2.24, 2.45) is 5.10 Å². The third-order valence-corrected chi connectivity index (χ3v) is 4.72. The van der Waals surface area contributed by atoms with Crippen LogP contribution < -0.4 is 0 Å². The minimum Gasteiger partial charge on any atom is -0.295 e. The highest BCUT2D eigenvalue weighted by Gasteiger charge is 2.16. The number of rotatable bonds is 5. The molecule has 0 amide bonds. The number of piperazine rings is 1. The van der Waals surface area contributed by atoms with E-state index in [0.29, 0.717) is 5.03 Å². The standard InChI is InChI=1S/C20H21Cl2N3/c21-19(14-17-6-2-1-3-7-17)15-23-25-12-10-24(11-13-25)16-18-8-4-5-9-20(18)22/h1-9,14-15H,10-13,16H2/b19-14-,23-15?. The van der Waals surface area contributed by atoms with Crippen molar-refractivity contribution < 1.29 is 0 Å². The second-order valence-corrected chi connectivity index (χ2v) is 6.85. The second kappa shape index (κ2) is 9.04. The highest BCUT2D eigenvalue weighted by atomic mass is 35.5. The van der Waals surface area contributed by atoms with Crippen molar-refractivity contribution >= 4 is 35.5 Å². The lowest BCUT2D eigenvalue weighted by Gasteiger charge is -2.33. The Balaban J connectivity index is 1.49. The summed E-state index contributed by atoms with van der Waals surface area (Å²) >= 11 is 12.5. The zero-order chi connectivity index (χ0) is 17.5. The minimum absolute atomic E-state index is 0.629. The van der Waals surface area contributed by atoms with E-state index in [1.165, 1.54) is 5.56 Å². The molecule has 25 heavy (non-hydrogen) atoms. The summed E-state index contributed by atoms with van der Waals surface area (Å²) in [5.41, 5.74) is 2.25. The number of hydrogen-bond acceptors (Lipinski definition) is 3. The van der Waals surface area contributed by atoms with E-state index < -0.39 is 0 Å². The first-order valence-corrected chi connectivity index (χ1v) is 9.13. The van der Waals surface area contributed by atoms with Crippen molar-refractivity contribution in [3.05, 3.63) is 75.8 Å². The molecule has 0 atom stereocenters. The van der Waals surface area contributed by atoms with Crippen molar-refractivity contribution in [1.82, 2.24) is 9.91 Å². The summed E-state index contributed by atoms with van der Waals surface area (Å²) in [7, 11) is 0. The monoisotopic (exact) mass is 373 g/mol. The average molecular weight is 374 g/mol. The normalized spacial score (nSPS) is 16.6. The van der Waals surface area contributed by atoms with Crippen LogP contribution in [0.15, 0.2) is 64.7 Å². The highest BCUT2D eigenvalue weighted by Crippen LogP contribution is 2.18. The van der Waals surface area contributed by atoms with E-state index in [1.807, 2.05) is 54.6 Å². The molecule has 1 saturated heterocycles. The first kappa shape index (κ1) is 18.0. The molecular weight excluding hydrogens is 353 g/mol. The average Bonchev–Trinajstić information content (AvgIpc) is 2.64. The number of hydrogen-bond donors (Lipinski definition) is 0. The summed E-state index contributed by atoms with van der Waals surface area (Å²) < 4.78 is 0. The number of hydrazone groups is 1. The van der Waals surface area contributed by atoms with E-state index in [1.54, 1.807) is 6.21 Å². The van der Waals surface area contributed by atoms with Crippen LogP contribution in [0.1, 0.15) is 11.1 Å². The van der Waals surface area contributed by atoms with Crippen LogP contribution >= 0.6 is 23.2 Å². The maximum absolute atomic E-state index is 6.25. The van der Waals surface area contributed by atoms with Gasteiger partial charge >= 0.3 is 0 Å². The lowest BCUT2D eigenvalue weighted by Crippen LogP contribution is -2.43. The van der Waals surface area contributed by atoms with E-state index in [9.17, 15) is 0 Å². The number of allylic oxidation sites excluding steroid dienone is 1. The lowest BCUT2D eigenvalue weighted by atomic mass is 10.2. The van der Waals surface area contributed by atoms with Crippen molar-refractivity contribution in [2.45, 2.75) is 6.54 Å². The molecule has 0 aliphatic carbocycles. The van der Waals surface area contributed by atoms with Gasteiger partial charge < -0.3 is 0 Å². The first-order chi connectivity index (χ1) is 12.2. The Hall–Kier alpha value is -1.81. The molecule has 2 aromatic rings. The fraction of sp³-hybridized carbons (Fsp3) is 0.250. The summed E-state index contributed by atoms with van der Waals surface area (Å²) in [4.78, 5) is 2.40. The molecule has 1 aliphatic rings. The van der Waals surface area contributed by atoms with Crippen molar-refractivity contribution in [2.75, 3.05) is 26.2 Å². The molecule has 5 heteroatoms. The van der Waals surface area contributed by atoms with Gasteiger partial charge in [0.2, 0.25) is 0 Å². The Morgan fingerprint density at radius 1 is 0.960 bits per heavy atom. The summed E-state index contributed by atoms with van der Waals surface area (Å²) in [5.74, 6) is 0. The van der Waals surface area contributed by atoms with Gasteiger partial charge in [0.15, 0.2) is 0 Å². The molecule has 2 aromatic carbocycles. The largest absolute Gasteiger partial charge is 0.295 e. The van der Waals surface area contributed by atoms with Crippen LogP contribution in [0.4, 0.5) is 0 Å². The molecule has 130 valence electrons. The third-order valence-electron chi connectivity index (χ3n) is 4.15. The zero-order valence-corrected chi connectivity index (χ0v) is 15.5. The predicted molar refractivity (Wildman–Crippen MR) is 107 cm³/mol. The quantitative estimate of drug-likeness (QED) is 0.705. The Bertz CT molecular complexity index is 736. The molecule has 0 bridgehead atoms. The third kappa shape index (κ3) is 5.60. The maximum atomic E-state index is 6.25. The van der Waals surface area contributed by atoms with Gasteiger partial charge in [0.1, 0.15) is 0 Å². The Kier molecular flexibility index (Phi) is 6.51. The van der Waals surface area contributed by atoms with E-state index in [-0.39, 0.29) is 0 Å². The van der Waals surface area contributed by atoms with Crippen LogP contribution in [0, 0.1) is 0 Å². The first-order valence-electron chi connectivity index (χ1n) is 8.37. The molecule has 1 aliphatic heterocycles. The number of halogens is 2. The van der Waals surface area contributed by atoms with Crippen LogP contribution in [-0.4, -0.2) is 42.3 Å². The van der Waals surface area contributed by atoms with Gasteiger partial charge in [0.05, 0.1) is 11.2 Å². The topological polar surface area (TPSA) is 18.8 Å². The van der Waals surface area contributed by atoms with Gasteiger partial charge in [-0.3, -0.25) is 9.91 Å². The summed E-state index contributed by atoms with van der Waals surface area (Å²) in [5, 5.41) is 8.02. The summed E-state index contributed by atoms with van der Waals surface area (Å²) in [6.07, 6.45) is 3.64. The highest BCUT2D eigenvalue weighted by molar-refractivity contribution is 6.41. The second-order valence-electron chi connectivity index (χ2n) is 6.01. The van der Waals surface area contributed by atoms with Crippen molar-refractivity contribution in [1.29, 1.82) is 0 Å². The van der Waals surface area contributed by atoms with Gasteiger partial charge in [-0.2, -0.15) is 5.10 Å². The molecule has 0 N–H and O–H groups in total. The van der Waals surface area contributed by atoms with E-state index in [2.05, 4.69) is 21.1 Å². The number of nitrogens with zero attached hydrogens (tertiary/aromatic N) is 3. The Morgan fingerprint density at radius 2 is 1.64 bits per heavy atom. The van der Waals surface area contributed by atoms with Gasteiger partial charge in [-0.25, -0.2) is 0 Å². The molecule has 3 rings (SSSR count). The minimum atomic E-state index is 0.629. The molecule has 0 aromatic heterocycles. The molecule has 1 heterocycles.